The highest BCUT2D eigenvalue weighted by Gasteiger charge is 2.39. The number of rotatable bonds is 2. The second kappa shape index (κ2) is 4.37. The zero-order valence-electron chi connectivity index (χ0n) is 10.7. The van der Waals surface area contributed by atoms with E-state index < -0.39 is 5.60 Å². The molecule has 2 atom stereocenters. The number of terminal acetylenes is 1. The van der Waals surface area contributed by atoms with Crippen molar-refractivity contribution in [2.45, 2.75) is 24.7 Å². The van der Waals surface area contributed by atoms with Gasteiger partial charge in [0, 0.05) is 6.20 Å². The predicted molar refractivity (Wildman–Crippen MR) is 72.8 cm³/mol. The Balaban J connectivity index is 2.05. The van der Waals surface area contributed by atoms with Crippen molar-refractivity contribution in [2.24, 2.45) is 0 Å². The van der Waals surface area contributed by atoms with Gasteiger partial charge in [0.05, 0.1) is 12.0 Å². The van der Waals surface area contributed by atoms with Crippen LogP contribution in [0.3, 0.4) is 0 Å². The van der Waals surface area contributed by atoms with Crippen molar-refractivity contribution < 1.29 is 9.84 Å². The van der Waals surface area contributed by atoms with Crippen LogP contribution in [0.15, 0.2) is 17.1 Å². The summed E-state index contributed by atoms with van der Waals surface area (Å²) in [6.45, 7) is -0.241. The number of aromatic nitrogens is 3. The van der Waals surface area contributed by atoms with E-state index in [1.54, 1.807) is 16.8 Å². The fraction of sp³-hybridized carbons (Fsp3) is 0.385. The third-order valence-corrected chi connectivity index (χ3v) is 3.59. The van der Waals surface area contributed by atoms with Crippen LogP contribution in [-0.2, 0) is 4.74 Å². The second-order valence-corrected chi connectivity index (χ2v) is 4.82. The predicted octanol–water partition coefficient (Wildman–Crippen LogP) is -0.0199. The second-order valence-electron chi connectivity index (χ2n) is 4.82. The summed E-state index contributed by atoms with van der Waals surface area (Å²) in [5.74, 6) is 2.54. The van der Waals surface area contributed by atoms with Crippen molar-refractivity contribution in [3.05, 3.63) is 22.6 Å². The first-order valence-electron chi connectivity index (χ1n) is 6.21. The highest BCUT2D eigenvalue weighted by atomic mass is 16.5. The van der Waals surface area contributed by atoms with Crippen LogP contribution in [0.1, 0.15) is 19.1 Å². The van der Waals surface area contributed by atoms with Gasteiger partial charge >= 0.3 is 0 Å². The Kier molecular flexibility index (Phi) is 2.78. The number of hydrogen-bond acceptors (Lipinski definition) is 5. The standard InChI is InChI=1S/C13H14N4O3/c1-2-13(7-18)5-3-9(20-13)17-6-4-8-10(17)15-12(14)16-11(8)19/h1,4,6,9,18H,3,5,7H2,(H3,14,15,16,19). The number of aromatic amines is 1. The lowest BCUT2D eigenvalue weighted by Gasteiger charge is -2.21. The van der Waals surface area contributed by atoms with Gasteiger partial charge in [-0.2, -0.15) is 4.98 Å². The highest BCUT2D eigenvalue weighted by Crippen LogP contribution is 2.37. The SMILES string of the molecule is C#CC1(CO)CCC(n2ccc3c(=O)[nH]c(N)nc32)O1. The third kappa shape index (κ3) is 1.78. The van der Waals surface area contributed by atoms with Crippen LogP contribution in [0, 0.1) is 12.3 Å². The maximum atomic E-state index is 11.8. The molecule has 1 aliphatic heterocycles. The first kappa shape index (κ1) is 12.7. The van der Waals surface area contributed by atoms with E-state index in [2.05, 4.69) is 15.9 Å². The number of aliphatic hydroxyl groups excluding tert-OH is 1. The maximum absolute atomic E-state index is 11.8. The molecule has 0 bridgehead atoms. The van der Waals surface area contributed by atoms with Gasteiger partial charge in [0.2, 0.25) is 5.95 Å². The van der Waals surface area contributed by atoms with Crippen molar-refractivity contribution in [1.82, 2.24) is 14.5 Å². The summed E-state index contributed by atoms with van der Waals surface area (Å²) in [7, 11) is 0. The van der Waals surface area contributed by atoms with E-state index in [9.17, 15) is 9.90 Å². The number of nitrogens with one attached hydrogen (secondary N) is 1. The largest absolute Gasteiger partial charge is 0.392 e. The van der Waals surface area contributed by atoms with Gasteiger partial charge < -0.3 is 20.1 Å². The summed E-state index contributed by atoms with van der Waals surface area (Å²) in [4.78, 5) is 18.3. The highest BCUT2D eigenvalue weighted by molar-refractivity contribution is 5.76. The molecule has 1 fully saturated rings. The minimum absolute atomic E-state index is 0.0471. The Morgan fingerprint density at radius 1 is 1.75 bits per heavy atom. The molecule has 0 spiro atoms. The monoisotopic (exact) mass is 274 g/mol. The molecule has 2 aromatic rings. The first-order chi connectivity index (χ1) is 9.58. The molecule has 3 heterocycles. The Hall–Kier alpha value is -2.30. The number of nitrogens with two attached hydrogens (primary N) is 1. The van der Waals surface area contributed by atoms with Gasteiger partial charge in [0.25, 0.3) is 5.56 Å². The lowest BCUT2D eigenvalue weighted by atomic mass is 10.0. The summed E-state index contributed by atoms with van der Waals surface area (Å²) < 4.78 is 7.48. The minimum atomic E-state index is -0.964. The number of aliphatic hydroxyl groups is 1. The summed E-state index contributed by atoms with van der Waals surface area (Å²) >= 11 is 0. The van der Waals surface area contributed by atoms with E-state index in [1.165, 1.54) is 0 Å². The van der Waals surface area contributed by atoms with E-state index in [0.29, 0.717) is 23.9 Å². The summed E-state index contributed by atoms with van der Waals surface area (Å²) in [6, 6.07) is 1.65. The normalized spacial score (nSPS) is 25.9. The number of fused-ring (bicyclic) bond motifs is 1. The van der Waals surface area contributed by atoms with Gasteiger partial charge in [-0.1, -0.05) is 5.92 Å². The fourth-order valence-electron chi connectivity index (χ4n) is 2.49. The molecule has 0 amide bonds. The molecular formula is C13H14N4O3. The van der Waals surface area contributed by atoms with Crippen LogP contribution in [0.25, 0.3) is 11.0 Å². The van der Waals surface area contributed by atoms with Gasteiger partial charge in [-0.3, -0.25) is 9.78 Å². The quantitative estimate of drug-likeness (QED) is 0.667. The molecule has 0 aromatic carbocycles. The third-order valence-electron chi connectivity index (χ3n) is 3.59. The van der Waals surface area contributed by atoms with Crippen LogP contribution in [0.2, 0.25) is 0 Å². The molecule has 7 nitrogen and oxygen atoms in total. The smallest absolute Gasteiger partial charge is 0.261 e. The molecule has 2 aromatic heterocycles. The molecule has 7 heteroatoms. The minimum Gasteiger partial charge on any atom is -0.392 e. The molecule has 104 valence electrons. The fourth-order valence-corrected chi connectivity index (χ4v) is 2.49. The lowest BCUT2D eigenvalue weighted by Crippen LogP contribution is -2.31. The summed E-state index contributed by atoms with van der Waals surface area (Å²) in [5, 5.41) is 9.80. The number of nitrogens with zero attached hydrogens (tertiary/aromatic N) is 2. The summed E-state index contributed by atoms with van der Waals surface area (Å²) in [6.07, 6.45) is 7.93. The Morgan fingerprint density at radius 3 is 3.20 bits per heavy atom. The number of ether oxygens (including phenoxy) is 1. The van der Waals surface area contributed by atoms with Gasteiger partial charge in [0.15, 0.2) is 11.2 Å². The van der Waals surface area contributed by atoms with Crippen LogP contribution in [0.4, 0.5) is 5.95 Å². The number of H-pyrrole nitrogens is 1. The average Bonchev–Trinajstić information content (AvgIpc) is 3.02. The van der Waals surface area contributed by atoms with E-state index in [0.717, 1.165) is 0 Å². The van der Waals surface area contributed by atoms with Gasteiger partial charge in [0.1, 0.15) is 6.23 Å². The molecule has 3 rings (SSSR count). The molecule has 1 saturated heterocycles. The zero-order chi connectivity index (χ0) is 14.3. The van der Waals surface area contributed by atoms with Gasteiger partial charge in [-0.05, 0) is 18.9 Å². The van der Waals surface area contributed by atoms with E-state index >= 15 is 0 Å². The van der Waals surface area contributed by atoms with E-state index in [4.69, 9.17) is 16.9 Å². The number of hydrogen-bond donors (Lipinski definition) is 3. The Bertz CT molecular complexity index is 757. The maximum Gasteiger partial charge on any atom is 0.261 e. The molecule has 0 radical (unpaired) electrons. The molecule has 2 unspecified atom stereocenters. The molecule has 0 aliphatic carbocycles. The van der Waals surface area contributed by atoms with Crippen LogP contribution in [0.5, 0.6) is 0 Å². The topological polar surface area (TPSA) is 106 Å². The van der Waals surface area contributed by atoms with Crippen molar-refractivity contribution >= 4 is 17.0 Å². The van der Waals surface area contributed by atoms with Gasteiger partial charge in [-0.25, -0.2) is 0 Å². The first-order valence-corrected chi connectivity index (χ1v) is 6.21. The molecule has 20 heavy (non-hydrogen) atoms. The van der Waals surface area contributed by atoms with Gasteiger partial charge in [-0.15, -0.1) is 6.42 Å². The van der Waals surface area contributed by atoms with Crippen molar-refractivity contribution in [3.63, 3.8) is 0 Å². The average molecular weight is 274 g/mol. The van der Waals surface area contributed by atoms with E-state index in [-0.39, 0.29) is 24.3 Å². The molecule has 4 N–H and O–H groups in total. The number of nitrogen functional groups attached to an aromatic ring is 1. The molecule has 1 aliphatic rings. The zero-order valence-corrected chi connectivity index (χ0v) is 10.7. The van der Waals surface area contributed by atoms with E-state index in [1.807, 2.05) is 0 Å². The van der Waals surface area contributed by atoms with Crippen LogP contribution < -0.4 is 11.3 Å². The van der Waals surface area contributed by atoms with Crippen molar-refractivity contribution in [3.8, 4) is 12.3 Å². The Morgan fingerprint density at radius 2 is 2.55 bits per heavy atom. The Labute approximate surface area is 114 Å². The molecule has 0 saturated carbocycles. The summed E-state index contributed by atoms with van der Waals surface area (Å²) in [5.41, 5.74) is 4.75. The lowest BCUT2D eigenvalue weighted by molar-refractivity contribution is -0.0615. The van der Waals surface area contributed by atoms with Crippen LogP contribution >= 0.6 is 0 Å². The van der Waals surface area contributed by atoms with Crippen molar-refractivity contribution in [1.29, 1.82) is 0 Å². The number of anilines is 1. The molecular weight excluding hydrogens is 260 g/mol. The van der Waals surface area contributed by atoms with Crippen LogP contribution in [-0.4, -0.2) is 31.8 Å². The van der Waals surface area contributed by atoms with Crippen molar-refractivity contribution in [2.75, 3.05) is 12.3 Å².